The van der Waals surface area contributed by atoms with Crippen LogP contribution in [0.25, 0.3) is 0 Å². The molecule has 4 aromatic rings. The number of hydrogen-bond donors (Lipinski definition) is 2. The van der Waals surface area contributed by atoms with Crippen molar-refractivity contribution < 1.29 is 22.6 Å². The van der Waals surface area contributed by atoms with E-state index in [1.165, 1.54) is 18.5 Å². The summed E-state index contributed by atoms with van der Waals surface area (Å²) >= 11 is 0. The van der Waals surface area contributed by atoms with Gasteiger partial charge in [-0.2, -0.15) is 18.4 Å². The van der Waals surface area contributed by atoms with Crippen LogP contribution in [0.1, 0.15) is 35.5 Å². The summed E-state index contributed by atoms with van der Waals surface area (Å²) in [6, 6.07) is 13.6. The zero-order chi connectivity index (χ0) is 26.5. The quantitative estimate of drug-likeness (QED) is 0.335. The molecule has 0 spiro atoms. The van der Waals surface area contributed by atoms with Gasteiger partial charge in [0.1, 0.15) is 12.1 Å². The zero-order valence-corrected chi connectivity index (χ0v) is 20.4. The highest BCUT2D eigenvalue weighted by Gasteiger charge is 2.30. The molecule has 1 aliphatic rings. The topological polar surface area (TPSA) is 114 Å². The van der Waals surface area contributed by atoms with E-state index in [0.29, 0.717) is 38.9 Å². The van der Waals surface area contributed by atoms with Crippen LogP contribution in [0.2, 0.25) is 0 Å². The van der Waals surface area contributed by atoms with E-state index >= 15 is 4.39 Å². The molecule has 13 heteroatoms. The van der Waals surface area contributed by atoms with Crippen molar-refractivity contribution in [2.45, 2.75) is 32.0 Å². The van der Waals surface area contributed by atoms with Gasteiger partial charge in [-0.3, -0.25) is 0 Å². The third-order valence-electron chi connectivity index (χ3n) is 5.97. The Kier molecular flexibility index (Phi) is 7.36. The second-order valence-electron chi connectivity index (χ2n) is 8.80. The Morgan fingerprint density at radius 2 is 1.87 bits per heavy atom. The standard InChI is InChI=1S/C25H25F3N8O2/c1-25(27,28)38-19-8-6-18(7-9-19)20-14-37-11-10-36(20)24-22(26)23(30-15-31-24)29-13-17-4-2-16(3-5-17)12-21-32-34-35-33-21/h2-9,15,20H,10-14H2,1H3,(H,29,30,31)(H,32,33,34,35). The number of aromatic amines is 1. The number of ether oxygens (including phenoxy) is 2. The van der Waals surface area contributed by atoms with Crippen LogP contribution in [-0.4, -0.2) is 56.5 Å². The van der Waals surface area contributed by atoms with Crippen LogP contribution in [0.15, 0.2) is 54.9 Å². The molecule has 2 N–H and O–H groups in total. The fraction of sp³-hybridized carbons (Fsp3) is 0.320. The van der Waals surface area contributed by atoms with Gasteiger partial charge in [-0.15, -0.1) is 10.2 Å². The van der Waals surface area contributed by atoms with Gasteiger partial charge in [-0.05, 0) is 28.8 Å². The number of rotatable bonds is 9. The van der Waals surface area contributed by atoms with Gasteiger partial charge >= 0.3 is 6.11 Å². The zero-order valence-electron chi connectivity index (χ0n) is 20.4. The maximum Gasteiger partial charge on any atom is 0.394 e. The number of hydrogen-bond acceptors (Lipinski definition) is 9. The Balaban J connectivity index is 1.28. The molecular weight excluding hydrogens is 501 g/mol. The first-order chi connectivity index (χ1) is 18.4. The Morgan fingerprint density at radius 1 is 1.11 bits per heavy atom. The lowest BCUT2D eigenvalue weighted by molar-refractivity contribution is -0.158. The van der Waals surface area contributed by atoms with Crippen molar-refractivity contribution in [3.63, 3.8) is 0 Å². The van der Waals surface area contributed by atoms with E-state index in [2.05, 4.69) is 40.6 Å². The third-order valence-corrected chi connectivity index (χ3v) is 5.97. The second-order valence-corrected chi connectivity index (χ2v) is 8.80. The monoisotopic (exact) mass is 526 g/mol. The Labute approximate surface area is 216 Å². The third kappa shape index (κ3) is 6.17. The summed E-state index contributed by atoms with van der Waals surface area (Å²) in [6.07, 6.45) is -1.43. The molecule has 1 atom stereocenters. The number of aromatic nitrogens is 6. The van der Waals surface area contributed by atoms with Crippen molar-refractivity contribution in [3.05, 3.63) is 83.2 Å². The van der Waals surface area contributed by atoms with E-state index in [1.807, 2.05) is 24.3 Å². The highest BCUT2D eigenvalue weighted by molar-refractivity contribution is 5.53. The molecule has 0 aliphatic carbocycles. The molecule has 1 unspecified atom stereocenters. The van der Waals surface area contributed by atoms with Crippen molar-refractivity contribution in [1.82, 2.24) is 30.6 Å². The average molecular weight is 527 g/mol. The van der Waals surface area contributed by atoms with Crippen molar-refractivity contribution in [2.24, 2.45) is 0 Å². The first-order valence-electron chi connectivity index (χ1n) is 11.9. The second kappa shape index (κ2) is 11.0. The number of benzene rings is 2. The van der Waals surface area contributed by atoms with Gasteiger partial charge in [0.2, 0.25) is 5.82 Å². The number of H-pyrrole nitrogens is 1. The summed E-state index contributed by atoms with van der Waals surface area (Å²) in [5.41, 5.74) is 2.71. The molecule has 0 bridgehead atoms. The largest absolute Gasteiger partial charge is 0.433 e. The lowest BCUT2D eigenvalue weighted by Gasteiger charge is -2.37. The molecule has 2 aromatic carbocycles. The van der Waals surface area contributed by atoms with E-state index in [9.17, 15) is 8.78 Å². The van der Waals surface area contributed by atoms with Crippen molar-refractivity contribution in [3.8, 4) is 5.75 Å². The smallest absolute Gasteiger partial charge is 0.394 e. The van der Waals surface area contributed by atoms with Gasteiger partial charge in [0.15, 0.2) is 17.5 Å². The van der Waals surface area contributed by atoms with E-state index in [4.69, 9.17) is 4.74 Å². The molecule has 0 amide bonds. The van der Waals surface area contributed by atoms with Gasteiger partial charge < -0.3 is 19.7 Å². The number of halogens is 3. The van der Waals surface area contributed by atoms with E-state index in [-0.39, 0.29) is 30.0 Å². The minimum Gasteiger partial charge on any atom is -0.433 e. The van der Waals surface area contributed by atoms with Crippen molar-refractivity contribution in [1.29, 1.82) is 0 Å². The molecule has 0 radical (unpaired) electrons. The van der Waals surface area contributed by atoms with E-state index < -0.39 is 11.9 Å². The highest BCUT2D eigenvalue weighted by atomic mass is 19.3. The maximum atomic E-state index is 15.6. The molecule has 1 fully saturated rings. The number of morpholine rings is 1. The predicted octanol–water partition coefficient (Wildman–Crippen LogP) is 3.90. The van der Waals surface area contributed by atoms with Crippen LogP contribution >= 0.6 is 0 Å². The molecule has 3 heterocycles. The van der Waals surface area contributed by atoms with Gasteiger partial charge in [-0.1, -0.05) is 41.6 Å². The van der Waals surface area contributed by atoms with Gasteiger partial charge in [0.05, 0.1) is 19.3 Å². The first-order valence-corrected chi connectivity index (χ1v) is 11.9. The average Bonchev–Trinajstić information content (AvgIpc) is 3.42. The minimum absolute atomic E-state index is 0.0343. The van der Waals surface area contributed by atoms with Crippen LogP contribution in [0.4, 0.5) is 24.8 Å². The molecule has 38 heavy (non-hydrogen) atoms. The molecular formula is C25H25F3N8O2. The first kappa shape index (κ1) is 25.4. The van der Waals surface area contributed by atoms with Crippen molar-refractivity contribution >= 4 is 11.6 Å². The lowest BCUT2D eigenvalue weighted by Crippen LogP contribution is -2.40. The molecule has 10 nitrogen and oxygen atoms in total. The summed E-state index contributed by atoms with van der Waals surface area (Å²) in [5.74, 6) is 0.252. The Bertz CT molecular complexity index is 1330. The van der Waals surface area contributed by atoms with Gasteiger partial charge in [-0.25, -0.2) is 9.97 Å². The van der Waals surface area contributed by atoms with Crippen LogP contribution in [0.3, 0.4) is 0 Å². The lowest BCUT2D eigenvalue weighted by atomic mass is 10.0. The number of nitrogens with zero attached hydrogens (tertiary/aromatic N) is 6. The predicted molar refractivity (Wildman–Crippen MR) is 131 cm³/mol. The summed E-state index contributed by atoms with van der Waals surface area (Å²) in [6.45, 7) is 2.10. The summed E-state index contributed by atoms with van der Waals surface area (Å²) in [5, 5.41) is 16.9. The normalized spacial score (nSPS) is 15.9. The maximum absolute atomic E-state index is 15.6. The van der Waals surface area contributed by atoms with Crippen LogP contribution in [-0.2, 0) is 17.7 Å². The fourth-order valence-corrected chi connectivity index (χ4v) is 4.18. The van der Waals surface area contributed by atoms with Gasteiger partial charge in [0.25, 0.3) is 0 Å². The number of tetrazole rings is 1. The molecule has 0 saturated carbocycles. The minimum atomic E-state index is -3.29. The SMILES string of the molecule is CC(F)(F)Oc1ccc(C2COCCN2c2ncnc(NCc3ccc(Cc4nn[nH]n4)cc3)c2F)cc1. The highest BCUT2D eigenvalue weighted by Crippen LogP contribution is 2.33. The van der Waals surface area contributed by atoms with Crippen LogP contribution in [0, 0.1) is 5.82 Å². The van der Waals surface area contributed by atoms with Crippen LogP contribution < -0.4 is 15.0 Å². The number of alkyl halides is 2. The molecule has 5 rings (SSSR count). The Hall–Kier alpha value is -4.26. The number of anilines is 2. The molecule has 2 aromatic heterocycles. The van der Waals surface area contributed by atoms with Crippen molar-refractivity contribution in [2.75, 3.05) is 30.0 Å². The van der Waals surface area contributed by atoms with E-state index in [0.717, 1.165) is 16.7 Å². The summed E-state index contributed by atoms with van der Waals surface area (Å²) in [7, 11) is 0. The number of nitrogens with one attached hydrogen (secondary N) is 2. The van der Waals surface area contributed by atoms with Crippen LogP contribution in [0.5, 0.6) is 5.75 Å². The Morgan fingerprint density at radius 3 is 2.58 bits per heavy atom. The molecule has 1 aliphatic heterocycles. The summed E-state index contributed by atoms with van der Waals surface area (Å²) < 4.78 is 52.1. The molecule has 198 valence electrons. The van der Waals surface area contributed by atoms with Gasteiger partial charge in [0, 0.05) is 26.4 Å². The van der Waals surface area contributed by atoms with E-state index in [1.54, 1.807) is 17.0 Å². The summed E-state index contributed by atoms with van der Waals surface area (Å²) in [4.78, 5) is 10.1. The molecule has 1 saturated heterocycles. The fourth-order valence-electron chi connectivity index (χ4n) is 4.18.